The van der Waals surface area contributed by atoms with Gasteiger partial charge in [0.15, 0.2) is 0 Å². The van der Waals surface area contributed by atoms with E-state index in [-0.39, 0.29) is 5.97 Å². The number of aryl methyl sites for hydroxylation is 2. The minimum absolute atomic E-state index is 0.357. The Morgan fingerprint density at radius 2 is 1.72 bits per heavy atom. The highest BCUT2D eigenvalue weighted by Gasteiger charge is 2.69. The van der Waals surface area contributed by atoms with E-state index in [9.17, 15) is 4.79 Å². The molecule has 1 aliphatic carbocycles. The zero-order valence-electron chi connectivity index (χ0n) is 10.9. The van der Waals surface area contributed by atoms with Crippen LogP contribution in [0.25, 0.3) is 0 Å². The molecule has 0 N–H and O–H groups in total. The van der Waals surface area contributed by atoms with E-state index in [4.69, 9.17) is 27.9 Å². The number of carbonyl (C=O) groups excluding carboxylic acids is 1. The quantitative estimate of drug-likeness (QED) is 0.465. The Morgan fingerprint density at radius 3 is 2.22 bits per heavy atom. The summed E-state index contributed by atoms with van der Waals surface area (Å²) in [6.45, 7) is 7.57. The average Bonchev–Trinajstić information content (AvgIpc) is 2.80. The van der Waals surface area contributed by atoms with E-state index >= 15 is 0 Å². The lowest BCUT2D eigenvalue weighted by molar-refractivity contribution is -0.139. The molecule has 1 atom stereocenters. The van der Waals surface area contributed by atoms with Crippen LogP contribution < -0.4 is 4.74 Å². The molecule has 0 spiro atoms. The van der Waals surface area contributed by atoms with E-state index < -0.39 is 9.75 Å². The highest BCUT2D eigenvalue weighted by Crippen LogP contribution is 2.64. The van der Waals surface area contributed by atoms with Crippen molar-refractivity contribution in [1.82, 2.24) is 0 Å². The fourth-order valence-electron chi connectivity index (χ4n) is 1.91. The van der Waals surface area contributed by atoms with Crippen LogP contribution in [-0.2, 0) is 4.79 Å². The Kier molecular flexibility index (Phi) is 3.15. The van der Waals surface area contributed by atoms with Gasteiger partial charge in [0.25, 0.3) is 0 Å². The van der Waals surface area contributed by atoms with E-state index in [1.165, 1.54) is 0 Å². The lowest BCUT2D eigenvalue weighted by atomic mass is 10.0. The second kappa shape index (κ2) is 4.14. The first kappa shape index (κ1) is 13.7. The van der Waals surface area contributed by atoms with Gasteiger partial charge >= 0.3 is 5.97 Å². The van der Waals surface area contributed by atoms with Crippen molar-refractivity contribution in [3.8, 4) is 5.75 Å². The van der Waals surface area contributed by atoms with Crippen LogP contribution in [0.15, 0.2) is 12.1 Å². The summed E-state index contributed by atoms with van der Waals surface area (Å²) in [4.78, 5) is 12.1. The van der Waals surface area contributed by atoms with Crippen LogP contribution in [0.2, 0.25) is 0 Å². The lowest BCUT2D eigenvalue weighted by Crippen LogP contribution is -2.24. The highest BCUT2D eigenvalue weighted by molar-refractivity contribution is 6.53. The summed E-state index contributed by atoms with van der Waals surface area (Å²) < 4.78 is 4.52. The maximum atomic E-state index is 12.1. The van der Waals surface area contributed by atoms with Crippen LogP contribution >= 0.6 is 23.2 Å². The van der Waals surface area contributed by atoms with Crippen LogP contribution in [0.5, 0.6) is 5.75 Å². The smallest absolute Gasteiger partial charge is 0.320 e. The van der Waals surface area contributed by atoms with Gasteiger partial charge in [-0.1, -0.05) is 12.1 Å². The molecular formula is C14H16Cl2O2. The van der Waals surface area contributed by atoms with Crippen LogP contribution in [-0.4, -0.2) is 10.3 Å². The molecule has 2 nitrogen and oxygen atoms in total. The molecule has 1 aromatic rings. The van der Waals surface area contributed by atoms with Crippen LogP contribution in [0.4, 0.5) is 0 Å². The summed E-state index contributed by atoms with van der Waals surface area (Å²) in [6.07, 6.45) is 0.436. The third-order valence-electron chi connectivity index (χ3n) is 3.78. The number of benzene rings is 1. The molecule has 0 radical (unpaired) electrons. The summed E-state index contributed by atoms with van der Waals surface area (Å²) >= 11 is 12.0. The van der Waals surface area contributed by atoms with E-state index in [1.807, 2.05) is 32.9 Å². The van der Waals surface area contributed by atoms with Crippen molar-refractivity contribution >= 4 is 29.2 Å². The first-order valence-electron chi connectivity index (χ1n) is 5.86. The minimum atomic E-state index is -0.990. The van der Waals surface area contributed by atoms with Crippen molar-refractivity contribution in [3.63, 3.8) is 0 Å². The van der Waals surface area contributed by atoms with E-state index in [0.717, 1.165) is 16.7 Å². The van der Waals surface area contributed by atoms with Crippen molar-refractivity contribution in [3.05, 3.63) is 28.8 Å². The molecular weight excluding hydrogens is 271 g/mol. The maximum Gasteiger partial charge on any atom is 0.320 e. The number of carbonyl (C=O) groups is 1. The summed E-state index contributed by atoms with van der Waals surface area (Å²) in [6, 6.07) is 3.95. The molecule has 18 heavy (non-hydrogen) atoms. The zero-order valence-corrected chi connectivity index (χ0v) is 12.4. The molecule has 0 aromatic heterocycles. The van der Waals surface area contributed by atoms with Crippen LogP contribution in [0, 0.1) is 26.2 Å². The molecule has 2 rings (SSSR count). The molecule has 0 bridgehead atoms. The third-order valence-corrected chi connectivity index (χ3v) is 4.88. The Hall–Kier alpha value is -0.730. The number of alkyl halides is 2. The SMILES string of the molecule is Cc1ccc(C)c(OC(=O)C2(C)CC2(Cl)Cl)c1C. The van der Waals surface area contributed by atoms with E-state index in [1.54, 1.807) is 6.92 Å². The summed E-state index contributed by atoms with van der Waals surface area (Å²) in [5.41, 5.74) is 2.21. The maximum absolute atomic E-state index is 12.1. The van der Waals surface area contributed by atoms with Crippen LogP contribution in [0.3, 0.4) is 0 Å². The summed E-state index contributed by atoms with van der Waals surface area (Å²) in [5.74, 6) is 0.265. The third kappa shape index (κ3) is 2.02. The van der Waals surface area contributed by atoms with Crippen LogP contribution in [0.1, 0.15) is 30.0 Å². The molecule has 1 unspecified atom stereocenters. The Balaban J connectivity index is 2.26. The van der Waals surface area contributed by atoms with E-state index in [2.05, 4.69) is 0 Å². The molecule has 1 fully saturated rings. The van der Waals surface area contributed by atoms with Gasteiger partial charge in [0.2, 0.25) is 0 Å². The second-order valence-corrected chi connectivity index (χ2v) is 6.74. The van der Waals surface area contributed by atoms with Crippen molar-refractivity contribution < 1.29 is 9.53 Å². The van der Waals surface area contributed by atoms with Crippen molar-refractivity contribution in [2.75, 3.05) is 0 Å². The van der Waals surface area contributed by atoms with Crippen molar-refractivity contribution in [2.45, 2.75) is 38.4 Å². The van der Waals surface area contributed by atoms with Gasteiger partial charge in [-0.15, -0.1) is 23.2 Å². The fourth-order valence-corrected chi connectivity index (χ4v) is 2.60. The predicted molar refractivity (Wildman–Crippen MR) is 73.4 cm³/mol. The second-order valence-electron chi connectivity index (χ2n) is 5.26. The predicted octanol–water partition coefficient (Wildman–Crippen LogP) is 4.10. The number of hydrogen-bond acceptors (Lipinski definition) is 2. The molecule has 1 aliphatic rings. The Labute approximate surface area is 117 Å². The molecule has 1 saturated carbocycles. The topological polar surface area (TPSA) is 26.3 Å². The average molecular weight is 287 g/mol. The Bertz CT molecular complexity index is 523. The van der Waals surface area contributed by atoms with Crippen molar-refractivity contribution in [2.24, 2.45) is 5.41 Å². The lowest BCUT2D eigenvalue weighted by Gasteiger charge is -2.16. The molecule has 0 aliphatic heterocycles. The normalized spacial score (nSPS) is 24.8. The molecule has 0 heterocycles. The molecule has 1 aromatic carbocycles. The molecule has 0 amide bonds. The van der Waals surface area contributed by atoms with E-state index in [0.29, 0.717) is 12.2 Å². The van der Waals surface area contributed by atoms with Gasteiger partial charge in [-0.2, -0.15) is 0 Å². The first-order chi connectivity index (χ1) is 8.19. The monoisotopic (exact) mass is 286 g/mol. The minimum Gasteiger partial charge on any atom is -0.425 e. The van der Waals surface area contributed by atoms with Gasteiger partial charge in [0.1, 0.15) is 15.5 Å². The largest absolute Gasteiger partial charge is 0.425 e. The van der Waals surface area contributed by atoms with Gasteiger partial charge < -0.3 is 4.74 Å². The number of ether oxygens (including phenoxy) is 1. The molecule has 4 heteroatoms. The van der Waals surface area contributed by atoms with Gasteiger partial charge in [0.05, 0.1) is 0 Å². The zero-order chi connectivity index (χ0) is 13.7. The number of hydrogen-bond donors (Lipinski definition) is 0. The number of halogens is 2. The van der Waals surface area contributed by atoms with Gasteiger partial charge in [-0.3, -0.25) is 4.79 Å². The summed E-state index contributed by atoms with van der Waals surface area (Å²) in [5, 5.41) is 0. The van der Waals surface area contributed by atoms with Gasteiger partial charge in [-0.25, -0.2) is 0 Å². The number of rotatable bonds is 2. The standard InChI is InChI=1S/C14H16Cl2O2/c1-8-5-6-9(2)11(10(8)3)18-12(17)13(4)7-14(13,15)16/h5-6H,7H2,1-4H3. The number of esters is 1. The fraction of sp³-hybridized carbons (Fsp3) is 0.500. The summed E-state index contributed by atoms with van der Waals surface area (Å²) in [7, 11) is 0. The molecule has 0 saturated heterocycles. The highest BCUT2D eigenvalue weighted by atomic mass is 35.5. The first-order valence-corrected chi connectivity index (χ1v) is 6.61. The molecule has 98 valence electrons. The van der Waals surface area contributed by atoms with Gasteiger partial charge in [0, 0.05) is 6.42 Å². The van der Waals surface area contributed by atoms with Gasteiger partial charge in [-0.05, 0) is 44.4 Å². The van der Waals surface area contributed by atoms with Crippen molar-refractivity contribution in [1.29, 1.82) is 0 Å². The Morgan fingerprint density at radius 1 is 1.22 bits per heavy atom.